The molecule has 0 saturated carbocycles. The number of nitrogens with zero attached hydrogens (tertiary/aromatic N) is 2. The van der Waals surface area contributed by atoms with Crippen molar-refractivity contribution in [3.05, 3.63) is 47.8 Å². The maximum absolute atomic E-state index is 13.9. The highest BCUT2D eigenvalue weighted by molar-refractivity contribution is 5.29. The maximum atomic E-state index is 13.9. The average Bonchev–Trinajstić information content (AvgIpc) is 2.89. The summed E-state index contributed by atoms with van der Waals surface area (Å²) in [6.45, 7) is 4.23. The molecule has 0 aliphatic carbocycles. The molecule has 1 heterocycles. The van der Waals surface area contributed by atoms with Crippen molar-refractivity contribution in [3.63, 3.8) is 0 Å². The van der Waals surface area contributed by atoms with Gasteiger partial charge in [-0.15, -0.1) is 0 Å². The molecule has 0 radical (unpaired) electrons. The fourth-order valence-corrected chi connectivity index (χ4v) is 1.99. The van der Waals surface area contributed by atoms with E-state index in [2.05, 4.69) is 17.2 Å². The first-order valence-corrected chi connectivity index (χ1v) is 6.77. The third-order valence-electron chi connectivity index (χ3n) is 3.11. The number of ether oxygens (including phenoxy) is 1. The predicted molar refractivity (Wildman–Crippen MR) is 76.3 cm³/mol. The van der Waals surface area contributed by atoms with Gasteiger partial charge in [-0.25, -0.2) is 9.37 Å². The number of hydrogen-bond donors (Lipinski definition) is 1. The summed E-state index contributed by atoms with van der Waals surface area (Å²) in [5.41, 5.74) is 0.626. The van der Waals surface area contributed by atoms with E-state index in [1.54, 1.807) is 18.3 Å². The van der Waals surface area contributed by atoms with Gasteiger partial charge in [0.1, 0.15) is 17.4 Å². The molecule has 0 unspecified atom stereocenters. The molecule has 2 aromatic rings. The van der Waals surface area contributed by atoms with Crippen LogP contribution >= 0.6 is 0 Å². The number of benzene rings is 1. The summed E-state index contributed by atoms with van der Waals surface area (Å²) in [7, 11) is 1.53. The second-order valence-electron chi connectivity index (χ2n) is 4.61. The number of halogens is 1. The third-order valence-corrected chi connectivity index (χ3v) is 3.11. The lowest BCUT2D eigenvalue weighted by Crippen LogP contribution is -2.18. The van der Waals surface area contributed by atoms with Crippen molar-refractivity contribution in [3.8, 4) is 5.75 Å². The molecule has 1 aromatic heterocycles. The molecule has 0 saturated heterocycles. The van der Waals surface area contributed by atoms with Crippen LogP contribution in [0.4, 0.5) is 4.39 Å². The largest absolute Gasteiger partial charge is 0.497 e. The summed E-state index contributed by atoms with van der Waals surface area (Å²) in [6.07, 6.45) is 4.69. The molecule has 5 heteroatoms. The fourth-order valence-electron chi connectivity index (χ4n) is 1.99. The van der Waals surface area contributed by atoms with Gasteiger partial charge >= 0.3 is 0 Å². The van der Waals surface area contributed by atoms with E-state index >= 15 is 0 Å². The monoisotopic (exact) mass is 277 g/mol. The van der Waals surface area contributed by atoms with Crippen LogP contribution in [0.3, 0.4) is 0 Å². The number of rotatable bonds is 7. The summed E-state index contributed by atoms with van der Waals surface area (Å²) >= 11 is 0. The number of hydrogen-bond acceptors (Lipinski definition) is 3. The molecule has 0 fully saturated rings. The van der Waals surface area contributed by atoms with E-state index < -0.39 is 0 Å². The Morgan fingerprint density at radius 2 is 2.25 bits per heavy atom. The van der Waals surface area contributed by atoms with Gasteiger partial charge in [0.05, 0.1) is 20.2 Å². The van der Waals surface area contributed by atoms with Crippen molar-refractivity contribution in [2.75, 3.05) is 13.7 Å². The van der Waals surface area contributed by atoms with E-state index in [1.165, 1.54) is 13.2 Å². The zero-order valence-electron chi connectivity index (χ0n) is 11.9. The quantitative estimate of drug-likeness (QED) is 0.791. The van der Waals surface area contributed by atoms with Crippen LogP contribution in [-0.2, 0) is 13.1 Å². The van der Waals surface area contributed by atoms with Crippen LogP contribution < -0.4 is 10.1 Å². The molecule has 0 aliphatic heterocycles. The first-order chi connectivity index (χ1) is 9.74. The van der Waals surface area contributed by atoms with Crippen molar-refractivity contribution >= 4 is 0 Å². The third kappa shape index (κ3) is 3.57. The van der Waals surface area contributed by atoms with Gasteiger partial charge in [-0.1, -0.05) is 13.0 Å². The highest BCUT2D eigenvalue weighted by Crippen LogP contribution is 2.17. The van der Waals surface area contributed by atoms with Crippen molar-refractivity contribution in [2.24, 2.45) is 0 Å². The average molecular weight is 277 g/mol. The van der Waals surface area contributed by atoms with Crippen LogP contribution in [0.2, 0.25) is 0 Å². The van der Waals surface area contributed by atoms with Crippen molar-refractivity contribution in [1.29, 1.82) is 0 Å². The number of methoxy groups -OCH3 is 1. The normalized spacial score (nSPS) is 10.8. The van der Waals surface area contributed by atoms with Gasteiger partial charge in [-0.2, -0.15) is 0 Å². The van der Waals surface area contributed by atoms with Crippen LogP contribution in [-0.4, -0.2) is 23.2 Å². The molecular formula is C15H20FN3O. The highest BCUT2D eigenvalue weighted by Gasteiger charge is 2.08. The van der Waals surface area contributed by atoms with Gasteiger partial charge in [0.2, 0.25) is 0 Å². The highest BCUT2D eigenvalue weighted by atomic mass is 19.1. The molecule has 0 bridgehead atoms. The van der Waals surface area contributed by atoms with E-state index in [9.17, 15) is 4.39 Å². The number of nitrogens with one attached hydrogen (secondary N) is 1. The molecule has 0 amide bonds. The lowest BCUT2D eigenvalue weighted by molar-refractivity contribution is 0.410. The molecule has 1 aromatic carbocycles. The van der Waals surface area contributed by atoms with Gasteiger partial charge in [-0.05, 0) is 19.0 Å². The molecular weight excluding hydrogens is 257 g/mol. The molecule has 2 rings (SSSR count). The minimum absolute atomic E-state index is 0.259. The fraction of sp³-hybridized carbons (Fsp3) is 0.400. The summed E-state index contributed by atoms with van der Waals surface area (Å²) in [5.74, 6) is 1.18. The lowest BCUT2D eigenvalue weighted by atomic mass is 10.2. The number of imidazole rings is 1. The Hall–Kier alpha value is -1.88. The molecule has 0 spiro atoms. The lowest BCUT2D eigenvalue weighted by Gasteiger charge is -2.10. The van der Waals surface area contributed by atoms with Crippen LogP contribution in [0.1, 0.15) is 24.7 Å². The van der Waals surface area contributed by atoms with Crippen LogP contribution in [0.5, 0.6) is 5.75 Å². The summed E-state index contributed by atoms with van der Waals surface area (Å²) in [6, 6.07) is 4.92. The molecule has 20 heavy (non-hydrogen) atoms. The minimum atomic E-state index is -0.259. The maximum Gasteiger partial charge on any atom is 0.131 e. The van der Waals surface area contributed by atoms with Gasteiger partial charge in [0.25, 0.3) is 0 Å². The second-order valence-corrected chi connectivity index (χ2v) is 4.61. The van der Waals surface area contributed by atoms with E-state index in [0.29, 0.717) is 24.4 Å². The summed E-state index contributed by atoms with van der Waals surface area (Å²) < 4.78 is 20.9. The van der Waals surface area contributed by atoms with Crippen molar-refractivity contribution in [1.82, 2.24) is 14.9 Å². The van der Waals surface area contributed by atoms with E-state index in [1.807, 2.05) is 10.8 Å². The van der Waals surface area contributed by atoms with Gasteiger partial charge < -0.3 is 14.6 Å². The van der Waals surface area contributed by atoms with E-state index in [-0.39, 0.29) is 5.82 Å². The van der Waals surface area contributed by atoms with Crippen LogP contribution in [0, 0.1) is 5.82 Å². The Bertz CT molecular complexity index is 554. The molecule has 4 nitrogen and oxygen atoms in total. The van der Waals surface area contributed by atoms with E-state index in [0.717, 1.165) is 18.8 Å². The van der Waals surface area contributed by atoms with Crippen molar-refractivity contribution in [2.45, 2.75) is 26.4 Å². The molecule has 1 N–H and O–H groups in total. The van der Waals surface area contributed by atoms with Gasteiger partial charge in [0.15, 0.2) is 0 Å². The Labute approximate surface area is 118 Å². The first-order valence-electron chi connectivity index (χ1n) is 6.77. The zero-order chi connectivity index (χ0) is 14.4. The second kappa shape index (κ2) is 7.05. The zero-order valence-corrected chi connectivity index (χ0v) is 11.9. The predicted octanol–water partition coefficient (Wildman–Crippen LogP) is 2.58. The van der Waals surface area contributed by atoms with Crippen molar-refractivity contribution < 1.29 is 9.13 Å². The number of aromatic nitrogens is 2. The Morgan fingerprint density at radius 1 is 1.40 bits per heavy atom. The summed E-state index contributed by atoms with van der Waals surface area (Å²) in [5, 5.41) is 3.30. The first kappa shape index (κ1) is 14.5. The van der Waals surface area contributed by atoms with Crippen LogP contribution in [0.15, 0.2) is 30.6 Å². The summed E-state index contributed by atoms with van der Waals surface area (Å²) in [4.78, 5) is 4.30. The molecule has 0 aliphatic rings. The molecule has 0 atom stereocenters. The Kier molecular flexibility index (Phi) is 5.12. The minimum Gasteiger partial charge on any atom is -0.497 e. The smallest absolute Gasteiger partial charge is 0.131 e. The molecule has 108 valence electrons. The van der Waals surface area contributed by atoms with Gasteiger partial charge in [0, 0.05) is 24.0 Å². The topological polar surface area (TPSA) is 39.1 Å². The van der Waals surface area contributed by atoms with E-state index in [4.69, 9.17) is 4.74 Å². The SMILES string of the molecule is CCCNCc1nccn1Cc1ccc(OC)cc1F. The Balaban J connectivity index is 2.08. The Morgan fingerprint density at radius 3 is 2.95 bits per heavy atom. The standard InChI is InChI=1S/C15H20FN3O/c1-3-6-17-10-15-18-7-8-19(15)11-12-4-5-13(20-2)9-14(12)16/h4-5,7-9,17H,3,6,10-11H2,1-2H3. The van der Waals surface area contributed by atoms with Crippen LogP contribution in [0.25, 0.3) is 0 Å². The van der Waals surface area contributed by atoms with Gasteiger partial charge in [-0.3, -0.25) is 0 Å².